The van der Waals surface area contributed by atoms with E-state index in [9.17, 15) is 0 Å². The fourth-order valence-electron chi connectivity index (χ4n) is 0.703. The molecule has 0 saturated heterocycles. The number of hydrogen-bond donors (Lipinski definition) is 0. The monoisotopic (exact) mass is 122 g/mol. The van der Waals surface area contributed by atoms with Gasteiger partial charge in [0.1, 0.15) is 6.17 Å². The third-order valence-corrected chi connectivity index (χ3v) is 1.25. The Balaban J connectivity index is 2.62. The Kier molecular flexibility index (Phi) is 1.78. The van der Waals surface area contributed by atoms with E-state index in [1.54, 1.807) is 12.3 Å². The molecular weight excluding hydrogens is 112 g/mol. The molecule has 48 valence electrons. The van der Waals surface area contributed by atoms with Gasteiger partial charge in [0.05, 0.1) is 5.71 Å². The standard InChI is InChI=1S/C7H10N2/c1-3-6-5-8-7(4-2)9-6/h3,5,7H,1,4H2,2H3. The van der Waals surface area contributed by atoms with E-state index < -0.39 is 0 Å². The quantitative estimate of drug-likeness (QED) is 0.529. The van der Waals surface area contributed by atoms with Crippen molar-refractivity contribution < 1.29 is 0 Å². The van der Waals surface area contributed by atoms with E-state index >= 15 is 0 Å². The summed E-state index contributed by atoms with van der Waals surface area (Å²) in [6.45, 7) is 5.66. The highest BCUT2D eigenvalue weighted by molar-refractivity contribution is 6.36. The van der Waals surface area contributed by atoms with Gasteiger partial charge in [-0.3, -0.25) is 9.98 Å². The summed E-state index contributed by atoms with van der Waals surface area (Å²) in [5.41, 5.74) is 0.904. The molecule has 0 aromatic carbocycles. The van der Waals surface area contributed by atoms with Crippen LogP contribution in [0.5, 0.6) is 0 Å². The van der Waals surface area contributed by atoms with Crippen molar-refractivity contribution in [2.24, 2.45) is 9.98 Å². The van der Waals surface area contributed by atoms with Crippen LogP contribution in [0.1, 0.15) is 13.3 Å². The van der Waals surface area contributed by atoms with Crippen molar-refractivity contribution in [3.05, 3.63) is 12.7 Å². The zero-order chi connectivity index (χ0) is 6.69. The molecule has 0 amide bonds. The van der Waals surface area contributed by atoms with Crippen LogP contribution in [0.2, 0.25) is 0 Å². The first kappa shape index (κ1) is 6.20. The molecule has 0 saturated carbocycles. The number of nitrogens with zero attached hydrogens (tertiary/aromatic N) is 2. The third kappa shape index (κ3) is 1.25. The minimum atomic E-state index is 0.165. The summed E-state index contributed by atoms with van der Waals surface area (Å²) >= 11 is 0. The molecule has 0 fully saturated rings. The lowest BCUT2D eigenvalue weighted by molar-refractivity contribution is 0.702. The van der Waals surface area contributed by atoms with Crippen LogP contribution in [-0.2, 0) is 0 Å². The molecule has 0 aromatic heterocycles. The van der Waals surface area contributed by atoms with Crippen molar-refractivity contribution in [1.82, 2.24) is 0 Å². The first-order valence-electron chi connectivity index (χ1n) is 3.10. The highest BCUT2D eigenvalue weighted by Gasteiger charge is 2.05. The van der Waals surface area contributed by atoms with Gasteiger partial charge in [0.2, 0.25) is 0 Å². The van der Waals surface area contributed by atoms with E-state index in [-0.39, 0.29) is 6.17 Å². The van der Waals surface area contributed by atoms with Crippen molar-refractivity contribution in [2.45, 2.75) is 19.5 Å². The minimum Gasteiger partial charge on any atom is -0.264 e. The second kappa shape index (κ2) is 2.58. The highest BCUT2D eigenvalue weighted by Crippen LogP contribution is 2.04. The van der Waals surface area contributed by atoms with Crippen LogP contribution < -0.4 is 0 Å². The normalized spacial score (nSPS) is 24.1. The van der Waals surface area contributed by atoms with Gasteiger partial charge in [-0.05, 0) is 12.5 Å². The minimum absolute atomic E-state index is 0.165. The molecule has 1 heterocycles. The summed E-state index contributed by atoms with van der Waals surface area (Å²) in [6.07, 6.45) is 4.63. The van der Waals surface area contributed by atoms with Crippen LogP contribution in [0, 0.1) is 0 Å². The van der Waals surface area contributed by atoms with Crippen molar-refractivity contribution in [3.8, 4) is 0 Å². The van der Waals surface area contributed by atoms with Crippen LogP contribution in [0.15, 0.2) is 22.6 Å². The summed E-state index contributed by atoms with van der Waals surface area (Å²) in [5, 5.41) is 0. The van der Waals surface area contributed by atoms with Gasteiger partial charge < -0.3 is 0 Å². The Bertz CT molecular complexity index is 168. The fraction of sp³-hybridized carbons (Fsp3) is 0.429. The summed E-state index contributed by atoms with van der Waals surface area (Å²) in [6, 6.07) is 0. The number of hydrogen-bond acceptors (Lipinski definition) is 2. The fourth-order valence-corrected chi connectivity index (χ4v) is 0.703. The van der Waals surface area contributed by atoms with E-state index in [1.165, 1.54) is 0 Å². The maximum absolute atomic E-state index is 4.20. The maximum Gasteiger partial charge on any atom is 0.140 e. The highest BCUT2D eigenvalue weighted by atomic mass is 15.0. The molecule has 1 unspecified atom stereocenters. The molecule has 0 N–H and O–H groups in total. The second-order valence-electron chi connectivity index (χ2n) is 1.93. The molecular formula is C7H10N2. The van der Waals surface area contributed by atoms with Crippen LogP contribution in [0.3, 0.4) is 0 Å². The molecule has 0 aliphatic carbocycles. The molecule has 1 aliphatic rings. The lowest BCUT2D eigenvalue weighted by Gasteiger charge is -1.94. The Labute approximate surface area is 55.0 Å². The van der Waals surface area contributed by atoms with Crippen molar-refractivity contribution in [3.63, 3.8) is 0 Å². The zero-order valence-electron chi connectivity index (χ0n) is 5.54. The Morgan fingerprint density at radius 1 is 1.89 bits per heavy atom. The SMILES string of the molecule is C=CC1=NC(CC)N=C1. The smallest absolute Gasteiger partial charge is 0.140 e. The van der Waals surface area contributed by atoms with Crippen LogP contribution in [0.25, 0.3) is 0 Å². The van der Waals surface area contributed by atoms with Gasteiger partial charge in [-0.25, -0.2) is 0 Å². The first-order chi connectivity index (χ1) is 4.36. The molecule has 1 rings (SSSR count). The molecule has 2 heteroatoms. The summed E-state index contributed by atoms with van der Waals surface area (Å²) in [7, 11) is 0. The van der Waals surface area contributed by atoms with E-state index in [4.69, 9.17) is 0 Å². The van der Waals surface area contributed by atoms with Crippen LogP contribution in [0.4, 0.5) is 0 Å². The zero-order valence-corrected chi connectivity index (χ0v) is 5.54. The third-order valence-electron chi connectivity index (χ3n) is 1.25. The predicted octanol–water partition coefficient (Wildman–Crippen LogP) is 1.43. The molecule has 0 aromatic rings. The average Bonchev–Trinajstić information content (AvgIpc) is 2.34. The van der Waals surface area contributed by atoms with Gasteiger partial charge in [0.25, 0.3) is 0 Å². The van der Waals surface area contributed by atoms with E-state index in [1.807, 2.05) is 0 Å². The lowest BCUT2D eigenvalue weighted by Crippen LogP contribution is -1.92. The van der Waals surface area contributed by atoms with Gasteiger partial charge in [-0.15, -0.1) is 0 Å². The van der Waals surface area contributed by atoms with E-state index in [2.05, 4.69) is 23.5 Å². The topological polar surface area (TPSA) is 24.7 Å². The van der Waals surface area contributed by atoms with Gasteiger partial charge >= 0.3 is 0 Å². The maximum atomic E-state index is 4.20. The van der Waals surface area contributed by atoms with Crippen molar-refractivity contribution in [1.29, 1.82) is 0 Å². The van der Waals surface area contributed by atoms with Crippen LogP contribution in [-0.4, -0.2) is 18.1 Å². The molecule has 0 spiro atoms. The molecule has 9 heavy (non-hydrogen) atoms. The second-order valence-corrected chi connectivity index (χ2v) is 1.93. The van der Waals surface area contributed by atoms with Gasteiger partial charge in [0.15, 0.2) is 0 Å². The van der Waals surface area contributed by atoms with Crippen molar-refractivity contribution >= 4 is 11.9 Å². The number of rotatable bonds is 2. The summed E-state index contributed by atoms with van der Waals surface area (Å²) < 4.78 is 0. The Morgan fingerprint density at radius 2 is 2.67 bits per heavy atom. The number of aliphatic imine (C=N–C) groups is 2. The Hall–Kier alpha value is -0.920. The largest absolute Gasteiger partial charge is 0.264 e. The molecule has 0 bridgehead atoms. The van der Waals surface area contributed by atoms with E-state index in [0.717, 1.165) is 12.1 Å². The van der Waals surface area contributed by atoms with Gasteiger partial charge in [-0.1, -0.05) is 13.5 Å². The molecule has 2 nitrogen and oxygen atoms in total. The molecule has 1 atom stereocenters. The van der Waals surface area contributed by atoms with E-state index in [0.29, 0.717) is 0 Å². The lowest BCUT2D eigenvalue weighted by atomic mass is 10.4. The van der Waals surface area contributed by atoms with Crippen molar-refractivity contribution in [2.75, 3.05) is 0 Å². The predicted molar refractivity (Wildman–Crippen MR) is 40.2 cm³/mol. The average molecular weight is 122 g/mol. The van der Waals surface area contributed by atoms with Gasteiger partial charge in [-0.2, -0.15) is 0 Å². The van der Waals surface area contributed by atoms with Gasteiger partial charge in [0, 0.05) is 6.21 Å². The Morgan fingerprint density at radius 3 is 3.00 bits per heavy atom. The first-order valence-corrected chi connectivity index (χ1v) is 3.10. The molecule has 1 aliphatic heterocycles. The number of allylic oxidation sites excluding steroid dienone is 1. The molecule has 0 radical (unpaired) electrons. The summed E-state index contributed by atoms with van der Waals surface area (Å²) in [4.78, 5) is 8.31. The van der Waals surface area contributed by atoms with Crippen LogP contribution >= 0.6 is 0 Å². The summed E-state index contributed by atoms with van der Waals surface area (Å²) in [5.74, 6) is 0.